The van der Waals surface area contributed by atoms with Gasteiger partial charge < -0.3 is 14.2 Å². The molecule has 0 aromatic heterocycles. The summed E-state index contributed by atoms with van der Waals surface area (Å²) < 4.78 is 16.6. The highest BCUT2D eigenvalue weighted by Gasteiger charge is 2.65. The minimum Gasteiger partial charge on any atom is -0.365 e. The third-order valence-electron chi connectivity index (χ3n) is 5.47. The first-order valence-corrected chi connectivity index (χ1v) is 8.19. The fourth-order valence-electron chi connectivity index (χ4n) is 4.21. The summed E-state index contributed by atoms with van der Waals surface area (Å²) in [6.45, 7) is 4.04. The zero-order valence-corrected chi connectivity index (χ0v) is 14.0. The highest BCUT2D eigenvalue weighted by molar-refractivity contribution is 6.27. The van der Waals surface area contributed by atoms with Gasteiger partial charge in [-0.05, 0) is 13.8 Å². The lowest BCUT2D eigenvalue weighted by atomic mass is 9.67. The topological polar surface area (TPSA) is 65.1 Å². The van der Waals surface area contributed by atoms with Crippen LogP contribution in [-0.4, -0.2) is 43.3 Å². The Morgan fingerprint density at radius 1 is 1.25 bits per heavy atom. The molecule has 0 N–H and O–H groups in total. The van der Waals surface area contributed by atoms with Crippen LogP contribution in [0.15, 0.2) is 35.4 Å². The van der Waals surface area contributed by atoms with Crippen molar-refractivity contribution < 1.29 is 23.8 Å². The SMILES string of the molecule is COCO[C@H](C)[C@@H]1C2=C(C[C@H]3O[C@]31C)C(=O)c1ccccc1C2=O. The monoisotopic (exact) mass is 328 g/mol. The van der Waals surface area contributed by atoms with Gasteiger partial charge in [0.15, 0.2) is 11.6 Å². The standard InChI is InChI=1S/C19H20O5/c1-10(23-9-22-3)16-15-13(8-14-19(16,2)24-14)17(20)11-6-4-5-7-12(11)18(15)21/h4-7,10,14,16H,8-9H2,1-3H3/t10-,14-,16-,19-/m1/s1. The number of Topliss-reactive ketones (excluding diaryl/α,β-unsaturated/α-hetero) is 2. The van der Waals surface area contributed by atoms with E-state index < -0.39 is 5.60 Å². The normalized spacial score (nSPS) is 32.1. The lowest BCUT2D eigenvalue weighted by Crippen LogP contribution is -2.44. The molecule has 1 fully saturated rings. The molecule has 1 aromatic carbocycles. The van der Waals surface area contributed by atoms with Gasteiger partial charge in [0.25, 0.3) is 0 Å². The van der Waals surface area contributed by atoms with Crippen molar-refractivity contribution >= 4 is 11.6 Å². The molecule has 5 heteroatoms. The Labute approximate surface area is 140 Å². The van der Waals surface area contributed by atoms with Crippen LogP contribution in [0.25, 0.3) is 0 Å². The van der Waals surface area contributed by atoms with Gasteiger partial charge in [-0.1, -0.05) is 24.3 Å². The predicted octanol–water partition coefficient (Wildman–Crippen LogP) is 2.55. The Morgan fingerprint density at radius 3 is 2.58 bits per heavy atom. The molecule has 0 bridgehead atoms. The van der Waals surface area contributed by atoms with Crippen LogP contribution in [0, 0.1) is 5.92 Å². The molecular formula is C19H20O5. The van der Waals surface area contributed by atoms with Gasteiger partial charge in [0.2, 0.25) is 0 Å². The van der Waals surface area contributed by atoms with Gasteiger partial charge in [-0.25, -0.2) is 0 Å². The van der Waals surface area contributed by atoms with Gasteiger partial charge in [-0.3, -0.25) is 9.59 Å². The molecule has 0 radical (unpaired) electrons. The van der Waals surface area contributed by atoms with E-state index in [0.29, 0.717) is 28.7 Å². The van der Waals surface area contributed by atoms with Crippen molar-refractivity contribution in [3.8, 4) is 0 Å². The maximum absolute atomic E-state index is 13.1. The maximum Gasteiger partial charge on any atom is 0.190 e. The Hall–Kier alpha value is -1.82. The molecular weight excluding hydrogens is 308 g/mol. The second kappa shape index (κ2) is 5.34. The molecule has 0 saturated carbocycles. The van der Waals surface area contributed by atoms with Gasteiger partial charge in [0, 0.05) is 41.7 Å². The summed E-state index contributed by atoms with van der Waals surface area (Å²) in [6, 6.07) is 7.02. The molecule has 4 atom stereocenters. The molecule has 2 aliphatic carbocycles. The van der Waals surface area contributed by atoms with E-state index in [4.69, 9.17) is 14.2 Å². The number of carbonyl (C=O) groups excluding carboxylic acids is 2. The Morgan fingerprint density at radius 2 is 1.92 bits per heavy atom. The first-order valence-electron chi connectivity index (χ1n) is 8.19. The third-order valence-corrected chi connectivity index (χ3v) is 5.47. The molecule has 0 unspecified atom stereocenters. The first-order chi connectivity index (χ1) is 11.5. The fraction of sp³-hybridized carbons (Fsp3) is 0.474. The number of rotatable bonds is 4. The summed E-state index contributed by atoms with van der Waals surface area (Å²) in [7, 11) is 1.56. The van der Waals surface area contributed by atoms with Crippen LogP contribution in [0.2, 0.25) is 0 Å². The van der Waals surface area contributed by atoms with Crippen LogP contribution in [0.1, 0.15) is 41.0 Å². The molecule has 4 rings (SSSR count). The van der Waals surface area contributed by atoms with Crippen molar-refractivity contribution in [2.75, 3.05) is 13.9 Å². The summed E-state index contributed by atoms with van der Waals surface area (Å²) in [5.41, 5.74) is 1.69. The summed E-state index contributed by atoms with van der Waals surface area (Å²) in [4.78, 5) is 26.1. The largest absolute Gasteiger partial charge is 0.365 e. The number of hydrogen-bond donors (Lipinski definition) is 0. The minimum absolute atomic E-state index is 0.0307. The van der Waals surface area contributed by atoms with E-state index in [0.717, 1.165) is 0 Å². The lowest BCUT2D eigenvalue weighted by Gasteiger charge is -2.35. The van der Waals surface area contributed by atoms with Crippen LogP contribution >= 0.6 is 0 Å². The van der Waals surface area contributed by atoms with Gasteiger partial charge in [0.1, 0.15) is 12.4 Å². The second-order valence-corrected chi connectivity index (χ2v) is 6.85. The smallest absolute Gasteiger partial charge is 0.190 e. The molecule has 1 aliphatic heterocycles. The number of benzene rings is 1. The lowest BCUT2D eigenvalue weighted by molar-refractivity contribution is -0.0876. The molecule has 0 spiro atoms. The molecule has 1 heterocycles. The van der Waals surface area contributed by atoms with Crippen molar-refractivity contribution in [2.45, 2.75) is 38.1 Å². The highest BCUT2D eigenvalue weighted by atomic mass is 16.7. The average Bonchev–Trinajstić information content (AvgIpc) is 3.26. The quantitative estimate of drug-likeness (QED) is 0.628. The first kappa shape index (κ1) is 15.7. The summed E-state index contributed by atoms with van der Waals surface area (Å²) >= 11 is 0. The maximum atomic E-state index is 13.1. The van der Waals surface area contributed by atoms with Crippen molar-refractivity contribution in [3.63, 3.8) is 0 Å². The average molecular weight is 328 g/mol. The number of epoxide rings is 1. The van der Waals surface area contributed by atoms with E-state index in [1.54, 1.807) is 31.4 Å². The van der Waals surface area contributed by atoms with E-state index in [1.165, 1.54) is 0 Å². The van der Waals surface area contributed by atoms with Gasteiger partial charge >= 0.3 is 0 Å². The number of methoxy groups -OCH3 is 1. The minimum atomic E-state index is -0.450. The Balaban J connectivity index is 1.81. The zero-order valence-electron chi connectivity index (χ0n) is 14.0. The van der Waals surface area contributed by atoms with E-state index in [9.17, 15) is 9.59 Å². The van der Waals surface area contributed by atoms with Crippen molar-refractivity contribution in [1.29, 1.82) is 0 Å². The summed E-state index contributed by atoms with van der Waals surface area (Å²) in [6.07, 6.45) is 0.183. The van der Waals surface area contributed by atoms with Gasteiger partial charge in [-0.2, -0.15) is 0 Å². The van der Waals surface area contributed by atoms with Crippen LogP contribution in [0.5, 0.6) is 0 Å². The molecule has 126 valence electrons. The number of ether oxygens (including phenoxy) is 3. The molecule has 1 saturated heterocycles. The second-order valence-electron chi connectivity index (χ2n) is 6.85. The number of hydrogen-bond acceptors (Lipinski definition) is 5. The van der Waals surface area contributed by atoms with Crippen molar-refractivity contribution in [3.05, 3.63) is 46.5 Å². The van der Waals surface area contributed by atoms with Crippen molar-refractivity contribution in [2.24, 2.45) is 5.92 Å². The van der Waals surface area contributed by atoms with E-state index in [1.807, 2.05) is 13.8 Å². The molecule has 24 heavy (non-hydrogen) atoms. The van der Waals surface area contributed by atoms with Crippen LogP contribution in [0.3, 0.4) is 0 Å². The summed E-state index contributed by atoms with van der Waals surface area (Å²) in [5.74, 6) is -0.402. The van der Waals surface area contributed by atoms with Crippen LogP contribution in [0.4, 0.5) is 0 Å². The number of ketones is 2. The van der Waals surface area contributed by atoms with Crippen LogP contribution in [-0.2, 0) is 14.2 Å². The number of carbonyl (C=O) groups is 2. The fourth-order valence-corrected chi connectivity index (χ4v) is 4.21. The summed E-state index contributed by atoms with van der Waals surface area (Å²) in [5, 5.41) is 0. The van der Waals surface area contributed by atoms with Gasteiger partial charge in [-0.15, -0.1) is 0 Å². The third kappa shape index (κ3) is 2.05. The predicted molar refractivity (Wildman–Crippen MR) is 85.9 cm³/mol. The van der Waals surface area contributed by atoms with Crippen LogP contribution < -0.4 is 0 Å². The molecule has 1 aromatic rings. The molecule has 0 amide bonds. The van der Waals surface area contributed by atoms with E-state index in [-0.39, 0.29) is 36.5 Å². The van der Waals surface area contributed by atoms with Gasteiger partial charge in [0.05, 0.1) is 12.2 Å². The van der Waals surface area contributed by atoms with E-state index >= 15 is 0 Å². The van der Waals surface area contributed by atoms with Crippen molar-refractivity contribution in [1.82, 2.24) is 0 Å². The zero-order chi connectivity index (χ0) is 17.1. The molecule has 3 aliphatic rings. The Bertz CT molecular complexity index is 765. The number of fused-ring (bicyclic) bond motifs is 2. The highest BCUT2D eigenvalue weighted by Crippen LogP contribution is 2.56. The van der Waals surface area contributed by atoms with E-state index in [2.05, 4.69) is 0 Å². The Kier molecular flexibility index (Phi) is 3.49. The molecule has 5 nitrogen and oxygen atoms in total.